The minimum absolute atomic E-state index is 0.00776. The number of alkyl halides is 3. The molecule has 0 atom stereocenters. The van der Waals surface area contributed by atoms with E-state index in [9.17, 15) is 17.6 Å². The highest BCUT2D eigenvalue weighted by Crippen LogP contribution is 2.36. The van der Waals surface area contributed by atoms with E-state index in [4.69, 9.17) is 0 Å². The van der Waals surface area contributed by atoms with Gasteiger partial charge in [-0.3, -0.25) is 4.90 Å². The van der Waals surface area contributed by atoms with Crippen LogP contribution in [0.3, 0.4) is 0 Å². The zero-order chi connectivity index (χ0) is 21.5. The number of hydrogen-bond donors (Lipinski definition) is 0. The molecule has 0 spiro atoms. The smallest absolute Gasteiger partial charge is 0.298 e. The molecule has 8 heteroatoms. The Labute approximate surface area is 169 Å². The zero-order valence-electron chi connectivity index (χ0n) is 15.8. The third-order valence-electron chi connectivity index (χ3n) is 4.96. The summed E-state index contributed by atoms with van der Waals surface area (Å²) >= 11 is 0. The van der Waals surface area contributed by atoms with Crippen molar-refractivity contribution in [2.75, 3.05) is 13.6 Å². The highest BCUT2D eigenvalue weighted by molar-refractivity contribution is 5.83. The molecule has 2 heterocycles. The van der Waals surface area contributed by atoms with Crippen molar-refractivity contribution < 1.29 is 22.0 Å². The Bertz CT molecular complexity index is 1120. The van der Waals surface area contributed by atoms with Crippen molar-refractivity contribution in [2.24, 2.45) is 0 Å². The van der Waals surface area contributed by atoms with Gasteiger partial charge in [0.1, 0.15) is 11.6 Å². The summed E-state index contributed by atoms with van der Waals surface area (Å²) in [5.74, 6) is -1.03. The van der Waals surface area contributed by atoms with Crippen LogP contribution in [0.15, 0.2) is 54.6 Å². The number of fused-ring (bicyclic) bond motifs is 1. The molecule has 0 fully saturated rings. The predicted molar refractivity (Wildman–Crippen MR) is 102 cm³/mol. The second-order valence-corrected chi connectivity index (χ2v) is 7.05. The van der Waals surface area contributed by atoms with Crippen LogP contribution in [0.5, 0.6) is 0 Å². The fourth-order valence-corrected chi connectivity index (χ4v) is 3.48. The van der Waals surface area contributed by atoms with Gasteiger partial charge in [0.05, 0.1) is 5.69 Å². The molecule has 154 valence electrons. The van der Waals surface area contributed by atoms with E-state index < -0.39 is 23.5 Å². The third-order valence-corrected chi connectivity index (χ3v) is 4.96. The van der Waals surface area contributed by atoms with Gasteiger partial charge in [-0.1, -0.05) is 30.3 Å². The number of benzene rings is 2. The maximum atomic E-state index is 15.5. The van der Waals surface area contributed by atoms with Crippen LogP contribution in [0.2, 0.25) is 0 Å². The topological polar surface area (TPSA) is 29.0 Å². The zero-order valence-corrected chi connectivity index (χ0v) is 15.8. The highest BCUT2D eigenvalue weighted by atomic mass is 19.4. The summed E-state index contributed by atoms with van der Waals surface area (Å²) in [5.41, 5.74) is 0.664. The lowest BCUT2D eigenvalue weighted by molar-refractivity contribution is -0.141. The summed E-state index contributed by atoms with van der Waals surface area (Å²) in [6.45, 7) is 0.727. The van der Waals surface area contributed by atoms with Crippen LogP contribution < -0.4 is 0 Å². The highest BCUT2D eigenvalue weighted by Gasteiger charge is 2.33. The largest absolute Gasteiger partial charge is 0.435 e. The van der Waals surface area contributed by atoms with Gasteiger partial charge in [-0.05, 0) is 42.4 Å². The number of nitrogens with zero attached hydrogens (tertiary/aromatic N) is 3. The second-order valence-electron chi connectivity index (χ2n) is 7.05. The first-order valence-corrected chi connectivity index (χ1v) is 9.12. The molecule has 0 N–H and O–H groups in total. The van der Waals surface area contributed by atoms with Crippen LogP contribution in [-0.2, 0) is 12.7 Å². The second kappa shape index (κ2) is 7.60. The average Bonchev–Trinajstić information content (AvgIpc) is 2.87. The monoisotopic (exact) mass is 417 g/mol. The molecule has 1 aliphatic rings. The number of halogens is 5. The van der Waals surface area contributed by atoms with Crippen molar-refractivity contribution >= 4 is 5.57 Å². The Hall–Kier alpha value is -3.13. The molecule has 0 saturated heterocycles. The average molecular weight is 417 g/mol. The van der Waals surface area contributed by atoms with Gasteiger partial charge in [0.15, 0.2) is 5.69 Å². The molecule has 0 saturated carbocycles. The first-order valence-electron chi connectivity index (χ1n) is 9.12. The molecule has 4 rings (SSSR count). The Morgan fingerprint density at radius 1 is 0.867 bits per heavy atom. The van der Waals surface area contributed by atoms with Crippen LogP contribution in [0.25, 0.3) is 16.8 Å². The summed E-state index contributed by atoms with van der Waals surface area (Å²) in [5, 5.41) is 6.73. The Balaban J connectivity index is 1.83. The van der Waals surface area contributed by atoms with E-state index in [1.165, 1.54) is 12.1 Å². The van der Waals surface area contributed by atoms with E-state index in [1.54, 1.807) is 31.3 Å². The lowest BCUT2D eigenvalue weighted by Gasteiger charge is -2.17. The maximum absolute atomic E-state index is 15.5. The molecular formula is C22H16F5N3. The van der Waals surface area contributed by atoms with Gasteiger partial charge in [0, 0.05) is 29.8 Å². The van der Waals surface area contributed by atoms with Crippen LogP contribution in [0, 0.1) is 11.6 Å². The summed E-state index contributed by atoms with van der Waals surface area (Å²) < 4.78 is 68.1. The van der Waals surface area contributed by atoms with E-state index in [0.29, 0.717) is 28.8 Å². The molecule has 0 unspecified atom stereocenters. The van der Waals surface area contributed by atoms with Crippen molar-refractivity contribution in [1.82, 2.24) is 15.1 Å². The van der Waals surface area contributed by atoms with Gasteiger partial charge in [0.2, 0.25) is 0 Å². The molecule has 0 bridgehead atoms. The summed E-state index contributed by atoms with van der Waals surface area (Å²) in [6.07, 6.45) is -2.79. The molecule has 1 aliphatic heterocycles. The third kappa shape index (κ3) is 3.70. The van der Waals surface area contributed by atoms with Gasteiger partial charge in [-0.15, -0.1) is 10.2 Å². The molecule has 3 aromatic rings. The van der Waals surface area contributed by atoms with Gasteiger partial charge in [-0.25, -0.2) is 8.78 Å². The number of aromatic nitrogens is 2. The molecule has 2 aromatic carbocycles. The normalized spacial score (nSPS) is 14.8. The first-order chi connectivity index (χ1) is 14.3. The van der Waals surface area contributed by atoms with E-state index in [1.807, 2.05) is 11.0 Å². The Morgan fingerprint density at radius 3 is 2.27 bits per heavy atom. The van der Waals surface area contributed by atoms with Crippen molar-refractivity contribution in [3.8, 4) is 11.3 Å². The quantitative estimate of drug-likeness (QED) is 0.529. The van der Waals surface area contributed by atoms with Gasteiger partial charge in [0.25, 0.3) is 0 Å². The van der Waals surface area contributed by atoms with Gasteiger partial charge >= 0.3 is 6.18 Å². The maximum Gasteiger partial charge on any atom is 0.435 e. The van der Waals surface area contributed by atoms with E-state index in [0.717, 1.165) is 12.1 Å². The number of likely N-dealkylation sites (N-methyl/N-ethyl adjacent to an activating group) is 1. The summed E-state index contributed by atoms with van der Waals surface area (Å²) in [6, 6.07) is 11.2. The molecule has 3 nitrogen and oxygen atoms in total. The van der Waals surface area contributed by atoms with Crippen molar-refractivity contribution in [3.63, 3.8) is 0 Å². The standard InChI is InChI=1S/C22H16F5N3/c1-30-11-10-14(15-4-2-3-5-18(15)23)13-6-7-16(21(24)17(13)12-30)19-8-9-20(29-28-19)22(25,26)27/h2-10H,11-12H2,1H3. The fraction of sp³-hybridized carbons (Fsp3) is 0.182. The lowest BCUT2D eigenvalue weighted by atomic mass is 9.91. The minimum atomic E-state index is -4.62. The lowest BCUT2D eigenvalue weighted by Crippen LogP contribution is -2.17. The summed E-state index contributed by atoms with van der Waals surface area (Å²) in [7, 11) is 1.80. The Morgan fingerprint density at radius 2 is 1.60 bits per heavy atom. The van der Waals surface area contributed by atoms with Gasteiger partial charge < -0.3 is 0 Å². The molecule has 0 aliphatic carbocycles. The first kappa shape index (κ1) is 20.2. The summed E-state index contributed by atoms with van der Waals surface area (Å²) in [4.78, 5) is 1.86. The molecule has 30 heavy (non-hydrogen) atoms. The van der Waals surface area contributed by atoms with Crippen LogP contribution >= 0.6 is 0 Å². The van der Waals surface area contributed by atoms with Crippen molar-refractivity contribution in [1.29, 1.82) is 0 Å². The predicted octanol–water partition coefficient (Wildman–Crippen LogP) is 5.32. The SMILES string of the molecule is CN1CC=C(c2ccccc2F)c2ccc(-c3ccc(C(F)(F)F)nn3)c(F)c2C1. The molecule has 0 radical (unpaired) electrons. The fourth-order valence-electron chi connectivity index (χ4n) is 3.48. The van der Waals surface area contributed by atoms with E-state index >= 15 is 4.39 Å². The number of hydrogen-bond acceptors (Lipinski definition) is 3. The molecule has 1 aromatic heterocycles. The molecule has 0 amide bonds. The van der Waals surface area contributed by atoms with Crippen LogP contribution in [-0.4, -0.2) is 28.7 Å². The van der Waals surface area contributed by atoms with E-state index in [-0.39, 0.29) is 17.8 Å². The van der Waals surface area contributed by atoms with Crippen LogP contribution in [0.4, 0.5) is 22.0 Å². The molecular weight excluding hydrogens is 401 g/mol. The van der Waals surface area contributed by atoms with Crippen molar-refractivity contribution in [2.45, 2.75) is 12.7 Å². The minimum Gasteiger partial charge on any atom is -0.298 e. The van der Waals surface area contributed by atoms with E-state index in [2.05, 4.69) is 10.2 Å². The Kier molecular flexibility index (Phi) is 5.11. The van der Waals surface area contributed by atoms with Gasteiger partial charge in [-0.2, -0.15) is 13.2 Å². The number of rotatable bonds is 2. The van der Waals surface area contributed by atoms with Crippen LogP contribution in [0.1, 0.15) is 22.4 Å². The van der Waals surface area contributed by atoms with Crippen molar-refractivity contribution in [3.05, 3.63) is 88.6 Å².